The van der Waals surface area contributed by atoms with Crippen LogP contribution in [0.25, 0.3) is 0 Å². The number of hydrogen-bond donors (Lipinski definition) is 0. The van der Waals surface area contributed by atoms with Crippen molar-refractivity contribution in [3.8, 4) is 0 Å². The highest BCUT2D eigenvalue weighted by atomic mass is 31.2. The topological polar surface area (TPSA) is 98.8 Å². The van der Waals surface area contributed by atoms with E-state index in [9.17, 15) is 9.36 Å². The van der Waals surface area contributed by atoms with Gasteiger partial charge < -0.3 is 32.7 Å². The van der Waals surface area contributed by atoms with Crippen molar-refractivity contribution in [2.75, 3.05) is 20.4 Å². The maximum atomic E-state index is 14.0. The average molecular weight is 661 g/mol. The van der Waals surface area contributed by atoms with E-state index in [-0.39, 0.29) is 26.4 Å². The van der Waals surface area contributed by atoms with E-state index in [0.717, 1.165) is 22.3 Å². The summed E-state index contributed by atoms with van der Waals surface area (Å²) in [6.07, 6.45) is -5.43. The van der Waals surface area contributed by atoms with Crippen molar-refractivity contribution in [1.82, 2.24) is 0 Å². The second kappa shape index (κ2) is 17.6. The first kappa shape index (κ1) is 34.8. The van der Waals surface area contributed by atoms with Crippen LogP contribution in [-0.4, -0.2) is 56.9 Å². The molecule has 5 atom stereocenters. The van der Waals surface area contributed by atoms with Crippen LogP contribution in [0, 0.1) is 0 Å². The van der Waals surface area contributed by atoms with Gasteiger partial charge in [0.05, 0.1) is 26.4 Å². The largest absolute Gasteiger partial charge is 0.368 e. The molecule has 5 unspecified atom stereocenters. The van der Waals surface area contributed by atoms with Crippen LogP contribution in [0.15, 0.2) is 121 Å². The Balaban J connectivity index is 1.51. The molecule has 9 nitrogen and oxygen atoms in total. The summed E-state index contributed by atoms with van der Waals surface area (Å²) in [6, 6.07) is 38.7. The van der Waals surface area contributed by atoms with Gasteiger partial charge in [-0.2, -0.15) is 0 Å². The van der Waals surface area contributed by atoms with Crippen molar-refractivity contribution in [3.63, 3.8) is 0 Å². The second-order valence-electron chi connectivity index (χ2n) is 11.1. The Labute approximate surface area is 276 Å². The minimum Gasteiger partial charge on any atom is -0.368 e. The number of carbonyl (C=O) groups is 1. The molecule has 0 spiro atoms. The number of ketones is 1. The zero-order valence-electron chi connectivity index (χ0n) is 26.6. The van der Waals surface area contributed by atoms with Gasteiger partial charge in [0.15, 0.2) is 12.1 Å². The lowest BCUT2D eigenvalue weighted by Gasteiger charge is -2.45. The monoisotopic (exact) mass is 660 g/mol. The Morgan fingerprint density at radius 2 is 0.915 bits per heavy atom. The van der Waals surface area contributed by atoms with Crippen molar-refractivity contribution in [1.29, 1.82) is 0 Å². The van der Waals surface area contributed by atoms with Gasteiger partial charge in [-0.3, -0.25) is 9.36 Å². The fourth-order valence-corrected chi connectivity index (χ4v) is 6.26. The minimum atomic E-state index is -3.74. The molecular formula is C37H41O9P. The predicted molar refractivity (Wildman–Crippen MR) is 176 cm³/mol. The molecule has 0 radical (unpaired) electrons. The Morgan fingerprint density at radius 1 is 0.553 bits per heavy atom. The number of benzene rings is 4. The molecule has 0 bridgehead atoms. The molecule has 0 saturated carbocycles. The fraction of sp³-hybridized carbons (Fsp3) is 0.324. The van der Waals surface area contributed by atoms with Crippen LogP contribution >= 0.6 is 7.60 Å². The highest BCUT2D eigenvalue weighted by molar-refractivity contribution is 7.54. The van der Waals surface area contributed by atoms with Crippen LogP contribution in [0.3, 0.4) is 0 Å². The summed E-state index contributed by atoms with van der Waals surface area (Å²) in [4.78, 5) is 14.0. The first-order chi connectivity index (χ1) is 23.0. The van der Waals surface area contributed by atoms with Crippen LogP contribution in [-0.2, 0) is 68.5 Å². The normalized spacial score (nSPS) is 21.4. The maximum Gasteiger partial charge on any atom is 0.337 e. The molecule has 1 aliphatic rings. The average Bonchev–Trinajstić information content (AvgIpc) is 3.13. The Morgan fingerprint density at radius 3 is 1.32 bits per heavy atom. The third kappa shape index (κ3) is 10.00. The van der Waals surface area contributed by atoms with Crippen molar-refractivity contribution >= 4 is 13.4 Å². The van der Waals surface area contributed by atoms with Crippen molar-refractivity contribution < 1.29 is 42.1 Å². The van der Waals surface area contributed by atoms with E-state index >= 15 is 0 Å². The minimum absolute atomic E-state index is 0.164. The first-order valence-electron chi connectivity index (χ1n) is 15.5. The van der Waals surface area contributed by atoms with E-state index in [2.05, 4.69) is 0 Å². The zero-order valence-corrected chi connectivity index (χ0v) is 27.5. The van der Waals surface area contributed by atoms with Gasteiger partial charge in [-0.05, 0) is 22.3 Å². The summed E-state index contributed by atoms with van der Waals surface area (Å²) in [5, 5.41) is 0. The van der Waals surface area contributed by atoms with Crippen LogP contribution < -0.4 is 0 Å². The van der Waals surface area contributed by atoms with E-state index in [4.69, 9.17) is 32.7 Å². The molecule has 0 aromatic heterocycles. The van der Waals surface area contributed by atoms with E-state index in [1.165, 1.54) is 14.2 Å². The molecule has 1 aliphatic heterocycles. The van der Waals surface area contributed by atoms with Crippen molar-refractivity contribution in [3.05, 3.63) is 144 Å². The summed E-state index contributed by atoms with van der Waals surface area (Å²) in [5.41, 5.74) is 3.67. The third-order valence-corrected chi connectivity index (χ3v) is 9.64. The molecule has 47 heavy (non-hydrogen) atoms. The van der Waals surface area contributed by atoms with Gasteiger partial charge in [-0.25, -0.2) is 0 Å². The Kier molecular flexibility index (Phi) is 13.0. The summed E-state index contributed by atoms with van der Waals surface area (Å²) in [7, 11) is -1.25. The van der Waals surface area contributed by atoms with Crippen LogP contribution in [0.5, 0.6) is 0 Å². The Bertz CT molecular complexity index is 1530. The molecule has 248 valence electrons. The second-order valence-corrected chi connectivity index (χ2v) is 13.4. The SMILES string of the molecule is COP(=O)(CC(=O)C1OC(OCc2ccccc2)C(OCc2ccccc2)C(OCc2ccccc2)C1OCc1ccccc1)OC. The Hall–Kier alpha value is -3.50. The maximum absolute atomic E-state index is 14.0. The lowest BCUT2D eigenvalue weighted by molar-refractivity contribution is -0.319. The summed E-state index contributed by atoms with van der Waals surface area (Å²) >= 11 is 0. The first-order valence-corrected chi connectivity index (χ1v) is 17.2. The standard InChI is InChI=1S/C37H41O9P/c1-40-47(39,41-2)27-32(38)33-34(42-23-28-15-7-3-8-16-28)35(43-24-29-17-9-4-10-18-29)36(44-25-30-19-11-5-12-20-30)37(46-33)45-26-31-21-13-6-14-22-31/h3-22,33-37H,23-27H2,1-2H3. The molecule has 0 amide bonds. The molecule has 5 rings (SSSR count). The molecule has 1 saturated heterocycles. The van der Waals surface area contributed by atoms with Crippen LogP contribution in [0.4, 0.5) is 0 Å². The van der Waals surface area contributed by atoms with Crippen molar-refractivity contribution in [2.24, 2.45) is 0 Å². The van der Waals surface area contributed by atoms with Gasteiger partial charge in [0.2, 0.25) is 0 Å². The van der Waals surface area contributed by atoms with Gasteiger partial charge in [0.1, 0.15) is 30.6 Å². The molecule has 1 fully saturated rings. The van der Waals surface area contributed by atoms with Crippen LogP contribution in [0.2, 0.25) is 0 Å². The predicted octanol–water partition coefficient (Wildman–Crippen LogP) is 6.74. The van der Waals surface area contributed by atoms with Gasteiger partial charge >= 0.3 is 7.60 Å². The van der Waals surface area contributed by atoms with E-state index in [0.29, 0.717) is 0 Å². The van der Waals surface area contributed by atoms with Gasteiger partial charge in [-0.15, -0.1) is 0 Å². The number of ether oxygens (including phenoxy) is 5. The third-order valence-electron chi connectivity index (χ3n) is 7.83. The lowest BCUT2D eigenvalue weighted by atomic mass is 9.95. The number of carbonyl (C=O) groups excluding carboxylic acids is 1. The van der Waals surface area contributed by atoms with Gasteiger partial charge in [-0.1, -0.05) is 121 Å². The van der Waals surface area contributed by atoms with Gasteiger partial charge in [0, 0.05) is 14.2 Å². The van der Waals surface area contributed by atoms with Crippen LogP contribution in [0.1, 0.15) is 22.3 Å². The quantitative estimate of drug-likeness (QED) is 0.114. The highest BCUT2D eigenvalue weighted by Crippen LogP contribution is 2.47. The van der Waals surface area contributed by atoms with E-state index < -0.39 is 50.2 Å². The molecule has 0 aliphatic carbocycles. The van der Waals surface area contributed by atoms with E-state index in [1.807, 2.05) is 121 Å². The zero-order chi connectivity index (χ0) is 32.9. The highest BCUT2D eigenvalue weighted by Gasteiger charge is 2.52. The number of Topliss-reactive ketones (excluding diaryl/α,β-unsaturated/α-hetero) is 1. The molecule has 10 heteroatoms. The summed E-state index contributed by atoms with van der Waals surface area (Å²) in [6.45, 7) is 0.797. The summed E-state index contributed by atoms with van der Waals surface area (Å²) < 4.78 is 55.9. The molecule has 4 aromatic carbocycles. The number of hydrogen-bond acceptors (Lipinski definition) is 9. The summed E-state index contributed by atoms with van der Waals surface area (Å²) in [5.74, 6) is -0.529. The lowest BCUT2D eigenvalue weighted by Crippen LogP contribution is -2.63. The van der Waals surface area contributed by atoms with Gasteiger partial charge in [0.25, 0.3) is 0 Å². The van der Waals surface area contributed by atoms with E-state index in [1.54, 1.807) is 0 Å². The molecule has 1 heterocycles. The molecular weight excluding hydrogens is 619 g/mol. The fourth-order valence-electron chi connectivity index (χ4n) is 5.29. The smallest absolute Gasteiger partial charge is 0.337 e. The molecule has 4 aromatic rings. The molecule has 0 N–H and O–H groups in total. The van der Waals surface area contributed by atoms with Crippen molar-refractivity contribution in [2.45, 2.75) is 57.1 Å². The number of rotatable bonds is 17.